The van der Waals surface area contributed by atoms with Crippen LogP contribution in [0.15, 0.2) is 34.8 Å². The Bertz CT molecular complexity index is 661. The Labute approximate surface area is 117 Å². The zero-order valence-corrected chi connectivity index (χ0v) is 11.5. The Morgan fingerprint density at radius 1 is 1.32 bits per heavy atom. The van der Waals surface area contributed by atoms with E-state index in [-0.39, 0.29) is 17.6 Å². The van der Waals surface area contributed by atoms with Gasteiger partial charge >= 0.3 is 5.97 Å². The number of carboxylic acids is 1. The summed E-state index contributed by atoms with van der Waals surface area (Å²) in [5.74, 6) is -1.26. The van der Waals surface area contributed by atoms with Gasteiger partial charge in [-0.1, -0.05) is 0 Å². The molecule has 0 unspecified atom stereocenters. The van der Waals surface area contributed by atoms with Crippen molar-refractivity contribution in [3.05, 3.63) is 46.3 Å². The van der Waals surface area contributed by atoms with Crippen molar-refractivity contribution in [2.24, 2.45) is 0 Å². The van der Waals surface area contributed by atoms with E-state index in [9.17, 15) is 14.3 Å². The standard InChI is InChI=1S/C14H11BrFNO2/c15-10-7-8(1-4-11(10)16)12-5-6-13(14(18)19)17(12)9-2-3-9/h1,4-7,9H,2-3H2,(H,18,19). The first kappa shape index (κ1) is 12.4. The van der Waals surface area contributed by atoms with Crippen LogP contribution in [-0.2, 0) is 0 Å². The van der Waals surface area contributed by atoms with Crippen molar-refractivity contribution in [3.8, 4) is 11.3 Å². The molecule has 1 fully saturated rings. The summed E-state index contributed by atoms with van der Waals surface area (Å²) >= 11 is 3.16. The van der Waals surface area contributed by atoms with Gasteiger partial charge in [0.25, 0.3) is 0 Å². The molecule has 1 aliphatic carbocycles. The number of carbonyl (C=O) groups is 1. The van der Waals surface area contributed by atoms with Crippen LogP contribution >= 0.6 is 15.9 Å². The van der Waals surface area contributed by atoms with Gasteiger partial charge in [0.1, 0.15) is 11.5 Å². The number of aromatic nitrogens is 1. The Balaban J connectivity index is 2.14. The minimum Gasteiger partial charge on any atom is -0.477 e. The first-order chi connectivity index (χ1) is 9.08. The predicted molar refractivity (Wildman–Crippen MR) is 72.8 cm³/mol. The first-order valence-corrected chi connectivity index (χ1v) is 6.77. The Morgan fingerprint density at radius 3 is 2.63 bits per heavy atom. The minimum absolute atomic E-state index is 0.250. The first-order valence-electron chi connectivity index (χ1n) is 5.98. The lowest BCUT2D eigenvalue weighted by atomic mass is 10.1. The van der Waals surface area contributed by atoms with Crippen LogP contribution in [0.25, 0.3) is 11.3 Å². The topological polar surface area (TPSA) is 42.2 Å². The maximum absolute atomic E-state index is 13.3. The average molecular weight is 324 g/mol. The molecule has 2 aromatic rings. The summed E-state index contributed by atoms with van der Waals surface area (Å²) in [6, 6.07) is 8.36. The van der Waals surface area contributed by atoms with Gasteiger partial charge in [0.05, 0.1) is 4.47 Å². The van der Waals surface area contributed by atoms with Crippen molar-refractivity contribution in [2.75, 3.05) is 0 Å². The summed E-state index contributed by atoms with van der Waals surface area (Å²) in [7, 11) is 0. The Morgan fingerprint density at radius 2 is 2.05 bits per heavy atom. The molecule has 3 rings (SSSR count). The van der Waals surface area contributed by atoms with E-state index in [0.29, 0.717) is 4.47 Å². The van der Waals surface area contributed by atoms with E-state index in [1.807, 2.05) is 4.57 Å². The third-order valence-electron chi connectivity index (χ3n) is 3.26. The van der Waals surface area contributed by atoms with Gasteiger partial charge in [0.2, 0.25) is 0 Å². The highest BCUT2D eigenvalue weighted by atomic mass is 79.9. The van der Waals surface area contributed by atoms with Crippen LogP contribution in [0.3, 0.4) is 0 Å². The summed E-state index contributed by atoms with van der Waals surface area (Å²) in [6.45, 7) is 0. The van der Waals surface area contributed by atoms with Crippen LogP contribution in [0.1, 0.15) is 29.4 Å². The molecular formula is C14H11BrFNO2. The van der Waals surface area contributed by atoms with E-state index < -0.39 is 5.97 Å². The lowest BCUT2D eigenvalue weighted by Gasteiger charge is -2.11. The second kappa shape index (κ2) is 4.49. The molecule has 1 N–H and O–H groups in total. The lowest BCUT2D eigenvalue weighted by Crippen LogP contribution is -2.08. The number of halogens is 2. The SMILES string of the molecule is O=C(O)c1ccc(-c2ccc(F)c(Br)c2)n1C1CC1. The zero-order chi connectivity index (χ0) is 13.6. The minimum atomic E-state index is -0.931. The molecule has 19 heavy (non-hydrogen) atoms. The maximum atomic E-state index is 13.3. The van der Waals surface area contributed by atoms with Crippen molar-refractivity contribution in [3.63, 3.8) is 0 Å². The molecule has 5 heteroatoms. The largest absolute Gasteiger partial charge is 0.477 e. The van der Waals surface area contributed by atoms with E-state index in [4.69, 9.17) is 0 Å². The summed E-state index contributed by atoms with van der Waals surface area (Å²) in [6.07, 6.45) is 1.98. The molecule has 0 atom stereocenters. The number of aromatic carboxylic acids is 1. The number of hydrogen-bond donors (Lipinski definition) is 1. The maximum Gasteiger partial charge on any atom is 0.352 e. The summed E-state index contributed by atoms with van der Waals surface area (Å²) in [4.78, 5) is 11.2. The van der Waals surface area contributed by atoms with Crippen LogP contribution in [0, 0.1) is 5.82 Å². The van der Waals surface area contributed by atoms with Crippen LogP contribution in [0.5, 0.6) is 0 Å². The summed E-state index contributed by atoms with van der Waals surface area (Å²) in [5, 5.41) is 9.21. The lowest BCUT2D eigenvalue weighted by molar-refractivity contribution is 0.0685. The predicted octanol–water partition coefficient (Wildman–Crippen LogP) is 4.09. The highest BCUT2D eigenvalue weighted by molar-refractivity contribution is 9.10. The Hall–Kier alpha value is -1.62. The molecule has 1 heterocycles. The average Bonchev–Trinajstić information content (AvgIpc) is 3.11. The van der Waals surface area contributed by atoms with Crippen LogP contribution in [0.4, 0.5) is 4.39 Å². The molecule has 1 aromatic heterocycles. The number of rotatable bonds is 3. The second-order valence-corrected chi connectivity index (χ2v) is 5.49. The highest BCUT2D eigenvalue weighted by Crippen LogP contribution is 2.40. The van der Waals surface area contributed by atoms with E-state index in [0.717, 1.165) is 24.1 Å². The van der Waals surface area contributed by atoms with Gasteiger partial charge in [-0.25, -0.2) is 9.18 Å². The van der Waals surface area contributed by atoms with Gasteiger partial charge in [-0.15, -0.1) is 0 Å². The molecule has 0 spiro atoms. The van der Waals surface area contributed by atoms with Gasteiger partial charge in [0, 0.05) is 11.7 Å². The van der Waals surface area contributed by atoms with Crippen molar-refractivity contribution in [1.82, 2.24) is 4.57 Å². The molecule has 1 aromatic carbocycles. The van der Waals surface area contributed by atoms with Crippen LogP contribution < -0.4 is 0 Å². The van der Waals surface area contributed by atoms with Gasteiger partial charge in [0.15, 0.2) is 0 Å². The molecule has 1 aliphatic rings. The van der Waals surface area contributed by atoms with Crippen molar-refractivity contribution >= 4 is 21.9 Å². The second-order valence-electron chi connectivity index (χ2n) is 4.64. The molecule has 1 saturated carbocycles. The van der Waals surface area contributed by atoms with Crippen LogP contribution in [0.2, 0.25) is 0 Å². The molecule has 0 saturated heterocycles. The van der Waals surface area contributed by atoms with Gasteiger partial charge in [-0.2, -0.15) is 0 Å². The number of nitrogens with zero attached hydrogens (tertiary/aromatic N) is 1. The summed E-state index contributed by atoms with van der Waals surface area (Å²) < 4.78 is 15.5. The zero-order valence-electron chi connectivity index (χ0n) is 9.94. The third kappa shape index (κ3) is 2.18. The fraction of sp³-hybridized carbons (Fsp3) is 0.214. The fourth-order valence-corrected chi connectivity index (χ4v) is 2.62. The fourth-order valence-electron chi connectivity index (χ4n) is 2.24. The van der Waals surface area contributed by atoms with E-state index in [1.54, 1.807) is 24.3 Å². The molecule has 0 aliphatic heterocycles. The molecule has 3 nitrogen and oxygen atoms in total. The molecule has 0 amide bonds. The quantitative estimate of drug-likeness (QED) is 0.924. The number of benzene rings is 1. The molecule has 98 valence electrons. The smallest absolute Gasteiger partial charge is 0.352 e. The van der Waals surface area contributed by atoms with E-state index in [1.165, 1.54) is 6.07 Å². The van der Waals surface area contributed by atoms with E-state index in [2.05, 4.69) is 15.9 Å². The monoisotopic (exact) mass is 323 g/mol. The van der Waals surface area contributed by atoms with E-state index >= 15 is 0 Å². The van der Waals surface area contributed by atoms with Gasteiger partial charge < -0.3 is 9.67 Å². The van der Waals surface area contributed by atoms with Gasteiger partial charge in [-0.05, 0) is 64.7 Å². The van der Waals surface area contributed by atoms with Gasteiger partial charge in [-0.3, -0.25) is 0 Å². The summed E-state index contributed by atoms with van der Waals surface area (Å²) in [5.41, 5.74) is 1.92. The van der Waals surface area contributed by atoms with Crippen LogP contribution in [-0.4, -0.2) is 15.6 Å². The molecule has 0 bridgehead atoms. The molecule has 0 radical (unpaired) electrons. The third-order valence-corrected chi connectivity index (χ3v) is 3.87. The van der Waals surface area contributed by atoms with Crippen molar-refractivity contribution in [1.29, 1.82) is 0 Å². The number of hydrogen-bond acceptors (Lipinski definition) is 1. The normalized spacial score (nSPS) is 14.6. The van der Waals surface area contributed by atoms with Crippen molar-refractivity contribution < 1.29 is 14.3 Å². The molecular weight excluding hydrogens is 313 g/mol. The Kier molecular flexibility index (Phi) is 2.93. The highest BCUT2D eigenvalue weighted by Gasteiger charge is 2.29. The van der Waals surface area contributed by atoms with Crippen molar-refractivity contribution in [2.45, 2.75) is 18.9 Å². The number of carboxylic acid groups (broad SMARTS) is 1.